The zero-order chi connectivity index (χ0) is 12.3. The second kappa shape index (κ2) is 4.48. The molecule has 0 saturated carbocycles. The Balaban J connectivity index is 3.06. The molecule has 1 nitrogen and oxygen atoms in total. The van der Waals surface area contributed by atoms with Crippen molar-refractivity contribution < 1.29 is 17.9 Å². The lowest BCUT2D eigenvalue weighted by molar-refractivity contribution is -0.0500. The van der Waals surface area contributed by atoms with Crippen LogP contribution in [0.15, 0.2) is 18.2 Å². The van der Waals surface area contributed by atoms with Gasteiger partial charge in [-0.2, -0.15) is 8.78 Å². The van der Waals surface area contributed by atoms with E-state index in [0.717, 1.165) is 6.07 Å². The summed E-state index contributed by atoms with van der Waals surface area (Å²) in [4.78, 5) is 0. The molecule has 0 radical (unpaired) electrons. The monoisotopic (exact) mass is 228 g/mol. The first-order chi connectivity index (χ1) is 7.36. The lowest BCUT2D eigenvalue weighted by atomic mass is 9.85. The largest absolute Gasteiger partial charge is 0.435 e. The summed E-state index contributed by atoms with van der Waals surface area (Å²) < 4.78 is 41.4. The maximum absolute atomic E-state index is 13.6. The summed E-state index contributed by atoms with van der Waals surface area (Å²) in [5.41, 5.74) is -0.510. The number of alkyl halides is 2. The first kappa shape index (κ1) is 12.4. The maximum Gasteiger partial charge on any atom is 0.387 e. The SMILES string of the molecule is C#CC(C)(C)c1ccc(OC(F)F)cc1F. The molecule has 0 heterocycles. The highest BCUT2D eigenvalue weighted by Crippen LogP contribution is 2.28. The van der Waals surface area contributed by atoms with Gasteiger partial charge in [-0.05, 0) is 19.9 Å². The molecule has 1 rings (SSSR count). The highest BCUT2D eigenvalue weighted by atomic mass is 19.3. The van der Waals surface area contributed by atoms with E-state index in [1.165, 1.54) is 12.1 Å². The Labute approximate surface area is 92.2 Å². The van der Waals surface area contributed by atoms with Gasteiger partial charge in [-0.1, -0.05) is 12.0 Å². The summed E-state index contributed by atoms with van der Waals surface area (Å²) in [6.07, 6.45) is 5.26. The summed E-state index contributed by atoms with van der Waals surface area (Å²) >= 11 is 0. The first-order valence-corrected chi connectivity index (χ1v) is 4.59. The van der Waals surface area contributed by atoms with E-state index in [9.17, 15) is 13.2 Å². The third kappa shape index (κ3) is 2.69. The minimum absolute atomic E-state index is 0.218. The van der Waals surface area contributed by atoms with Crippen molar-refractivity contribution in [2.75, 3.05) is 0 Å². The molecule has 0 unspecified atom stereocenters. The van der Waals surface area contributed by atoms with E-state index >= 15 is 0 Å². The molecule has 16 heavy (non-hydrogen) atoms. The maximum atomic E-state index is 13.6. The molecule has 0 fully saturated rings. The zero-order valence-corrected chi connectivity index (χ0v) is 8.93. The van der Waals surface area contributed by atoms with E-state index in [1.54, 1.807) is 13.8 Å². The van der Waals surface area contributed by atoms with Gasteiger partial charge < -0.3 is 4.74 Å². The molecular formula is C12H11F3O. The molecule has 0 aliphatic carbocycles. The molecule has 0 aliphatic heterocycles. The van der Waals surface area contributed by atoms with Crippen LogP contribution in [0.25, 0.3) is 0 Å². The Hall–Kier alpha value is -1.63. The average molecular weight is 228 g/mol. The standard InChI is InChI=1S/C12H11F3O/c1-4-12(2,3)9-6-5-8(7-10(9)13)16-11(14)15/h1,5-7,11H,2-3H3. The van der Waals surface area contributed by atoms with E-state index < -0.39 is 17.8 Å². The Morgan fingerprint density at radius 1 is 1.38 bits per heavy atom. The van der Waals surface area contributed by atoms with Gasteiger partial charge in [0.1, 0.15) is 11.6 Å². The van der Waals surface area contributed by atoms with Crippen molar-refractivity contribution in [3.05, 3.63) is 29.6 Å². The number of benzene rings is 1. The average Bonchev–Trinajstić information content (AvgIpc) is 2.16. The Bertz CT molecular complexity index is 419. The first-order valence-electron chi connectivity index (χ1n) is 4.59. The molecular weight excluding hydrogens is 217 g/mol. The quantitative estimate of drug-likeness (QED) is 0.721. The van der Waals surface area contributed by atoms with Gasteiger partial charge >= 0.3 is 6.61 Å². The zero-order valence-electron chi connectivity index (χ0n) is 8.93. The van der Waals surface area contributed by atoms with Crippen LogP contribution in [0.3, 0.4) is 0 Å². The fourth-order valence-electron chi connectivity index (χ4n) is 1.26. The van der Waals surface area contributed by atoms with Crippen molar-refractivity contribution in [1.29, 1.82) is 0 Å². The lowest BCUT2D eigenvalue weighted by Crippen LogP contribution is -2.16. The van der Waals surface area contributed by atoms with Crippen LogP contribution in [0.5, 0.6) is 5.75 Å². The van der Waals surface area contributed by atoms with Gasteiger partial charge in [-0.3, -0.25) is 0 Å². The summed E-state index contributed by atoms with van der Waals surface area (Å²) in [5.74, 6) is 1.56. The van der Waals surface area contributed by atoms with Crippen LogP contribution in [0, 0.1) is 18.2 Å². The van der Waals surface area contributed by atoms with Crippen molar-refractivity contribution in [2.24, 2.45) is 0 Å². The highest BCUT2D eigenvalue weighted by Gasteiger charge is 2.22. The molecule has 0 atom stereocenters. The van der Waals surface area contributed by atoms with Crippen LogP contribution in [-0.2, 0) is 5.41 Å². The summed E-state index contributed by atoms with van der Waals surface area (Å²) in [5, 5.41) is 0. The molecule has 0 saturated heterocycles. The number of hydrogen-bond donors (Lipinski definition) is 0. The van der Waals surface area contributed by atoms with Crippen LogP contribution >= 0.6 is 0 Å². The third-order valence-corrected chi connectivity index (χ3v) is 2.20. The molecule has 1 aromatic rings. The fourth-order valence-corrected chi connectivity index (χ4v) is 1.26. The normalized spacial score (nSPS) is 11.3. The second-order valence-electron chi connectivity index (χ2n) is 3.79. The van der Waals surface area contributed by atoms with E-state index in [1.807, 2.05) is 0 Å². The lowest BCUT2D eigenvalue weighted by Gasteiger charge is -2.19. The number of halogens is 3. The fraction of sp³-hybridized carbons (Fsp3) is 0.333. The molecule has 4 heteroatoms. The van der Waals surface area contributed by atoms with E-state index in [-0.39, 0.29) is 11.3 Å². The minimum atomic E-state index is -2.97. The second-order valence-corrected chi connectivity index (χ2v) is 3.79. The van der Waals surface area contributed by atoms with Crippen molar-refractivity contribution in [3.63, 3.8) is 0 Å². The molecule has 0 aliphatic rings. The molecule has 0 aromatic heterocycles. The highest BCUT2D eigenvalue weighted by molar-refractivity contribution is 5.37. The summed E-state index contributed by atoms with van der Waals surface area (Å²) in [7, 11) is 0. The minimum Gasteiger partial charge on any atom is -0.435 e. The predicted molar refractivity (Wildman–Crippen MR) is 54.9 cm³/mol. The Morgan fingerprint density at radius 2 is 2.00 bits per heavy atom. The van der Waals surface area contributed by atoms with Crippen LogP contribution in [0.1, 0.15) is 19.4 Å². The smallest absolute Gasteiger partial charge is 0.387 e. The van der Waals surface area contributed by atoms with Gasteiger partial charge in [0.25, 0.3) is 0 Å². The van der Waals surface area contributed by atoms with E-state index in [2.05, 4.69) is 10.7 Å². The van der Waals surface area contributed by atoms with Crippen LogP contribution in [0.4, 0.5) is 13.2 Å². The Kier molecular flexibility index (Phi) is 3.48. The van der Waals surface area contributed by atoms with Gasteiger partial charge in [0.05, 0.1) is 5.41 Å². The van der Waals surface area contributed by atoms with Gasteiger partial charge in [0.2, 0.25) is 0 Å². The van der Waals surface area contributed by atoms with E-state index in [4.69, 9.17) is 6.42 Å². The van der Waals surface area contributed by atoms with Crippen LogP contribution in [-0.4, -0.2) is 6.61 Å². The molecule has 86 valence electrons. The molecule has 0 amide bonds. The van der Waals surface area contributed by atoms with Crippen LogP contribution in [0.2, 0.25) is 0 Å². The molecule has 1 aromatic carbocycles. The molecule has 0 bridgehead atoms. The number of hydrogen-bond acceptors (Lipinski definition) is 1. The third-order valence-electron chi connectivity index (χ3n) is 2.20. The van der Waals surface area contributed by atoms with Crippen molar-refractivity contribution in [1.82, 2.24) is 0 Å². The molecule has 0 N–H and O–H groups in total. The number of terminal acetylenes is 1. The summed E-state index contributed by atoms with van der Waals surface area (Å²) in [6.45, 7) is 0.365. The van der Waals surface area contributed by atoms with Crippen molar-refractivity contribution in [2.45, 2.75) is 25.9 Å². The number of rotatable bonds is 3. The van der Waals surface area contributed by atoms with E-state index in [0.29, 0.717) is 0 Å². The molecule has 0 spiro atoms. The van der Waals surface area contributed by atoms with Gasteiger partial charge in [-0.15, -0.1) is 6.42 Å². The van der Waals surface area contributed by atoms with Crippen molar-refractivity contribution in [3.8, 4) is 18.1 Å². The van der Waals surface area contributed by atoms with Gasteiger partial charge in [0.15, 0.2) is 0 Å². The Morgan fingerprint density at radius 3 is 2.44 bits per heavy atom. The van der Waals surface area contributed by atoms with Crippen molar-refractivity contribution >= 4 is 0 Å². The van der Waals surface area contributed by atoms with Crippen LogP contribution < -0.4 is 4.74 Å². The predicted octanol–water partition coefficient (Wildman–Crippen LogP) is 3.34. The van der Waals surface area contributed by atoms with Gasteiger partial charge in [-0.25, -0.2) is 4.39 Å². The number of ether oxygens (including phenoxy) is 1. The topological polar surface area (TPSA) is 9.23 Å². The summed E-state index contributed by atoms with van der Waals surface area (Å²) in [6, 6.07) is 3.52. The van der Waals surface area contributed by atoms with Gasteiger partial charge in [0, 0.05) is 11.6 Å².